The average molecular weight is 413 g/mol. The molecule has 0 spiro atoms. The summed E-state index contributed by atoms with van der Waals surface area (Å²) in [5.74, 6) is -1.21. The van der Waals surface area contributed by atoms with Gasteiger partial charge in [0.1, 0.15) is 11.6 Å². The minimum Gasteiger partial charge on any atom is -0.338 e. The minimum absolute atomic E-state index is 0.0347. The fraction of sp³-hybridized carbons (Fsp3) is 0.391. The van der Waals surface area contributed by atoms with Gasteiger partial charge in [0.25, 0.3) is 5.91 Å². The first kappa shape index (κ1) is 20.3. The molecular weight excluding hydrogens is 388 g/mol. The smallest absolute Gasteiger partial charge is 0.320 e. The number of carbonyl (C=O) groups excluding carboxylic acids is 2. The largest absolute Gasteiger partial charge is 0.338 e. The SMILES string of the molecule is Cc1ccc(F)c(C(=O)N2C[C@@H]3CN(C(=O)N(C)C)[C@@H](c4cccc(F)c4)[C@@H]3C2)c1. The number of urea groups is 1. The van der Waals surface area contributed by atoms with Gasteiger partial charge in [-0.25, -0.2) is 13.6 Å². The second-order valence-electron chi connectivity index (χ2n) is 8.45. The number of fused-ring (bicyclic) bond motifs is 1. The van der Waals surface area contributed by atoms with Gasteiger partial charge in [0.05, 0.1) is 11.6 Å². The maximum Gasteiger partial charge on any atom is 0.320 e. The summed E-state index contributed by atoms with van der Waals surface area (Å²) in [6, 6.07) is 10.3. The molecule has 3 atom stereocenters. The fourth-order valence-corrected chi connectivity index (χ4v) is 4.76. The van der Waals surface area contributed by atoms with Crippen molar-refractivity contribution in [3.63, 3.8) is 0 Å². The van der Waals surface area contributed by atoms with Crippen molar-refractivity contribution >= 4 is 11.9 Å². The predicted molar refractivity (Wildman–Crippen MR) is 109 cm³/mol. The van der Waals surface area contributed by atoms with Crippen molar-refractivity contribution in [2.24, 2.45) is 11.8 Å². The first-order valence-electron chi connectivity index (χ1n) is 10.0. The van der Waals surface area contributed by atoms with E-state index in [1.54, 1.807) is 42.1 Å². The molecule has 0 saturated carbocycles. The minimum atomic E-state index is -0.534. The summed E-state index contributed by atoms with van der Waals surface area (Å²) < 4.78 is 28.2. The molecule has 2 aromatic rings. The molecule has 0 aliphatic carbocycles. The van der Waals surface area contributed by atoms with Gasteiger partial charge in [-0.05, 0) is 36.8 Å². The number of carbonyl (C=O) groups is 2. The summed E-state index contributed by atoms with van der Waals surface area (Å²) in [5.41, 5.74) is 1.60. The van der Waals surface area contributed by atoms with Crippen LogP contribution in [0.2, 0.25) is 0 Å². The number of benzene rings is 2. The molecule has 3 amide bonds. The van der Waals surface area contributed by atoms with Crippen molar-refractivity contribution in [1.82, 2.24) is 14.7 Å². The van der Waals surface area contributed by atoms with Crippen LogP contribution in [0.3, 0.4) is 0 Å². The van der Waals surface area contributed by atoms with Gasteiger partial charge in [0, 0.05) is 45.6 Å². The van der Waals surface area contributed by atoms with E-state index in [-0.39, 0.29) is 41.2 Å². The highest BCUT2D eigenvalue weighted by Crippen LogP contribution is 2.45. The van der Waals surface area contributed by atoms with Crippen LogP contribution < -0.4 is 0 Å². The molecule has 2 aliphatic rings. The van der Waals surface area contributed by atoms with Crippen molar-refractivity contribution in [3.05, 3.63) is 70.8 Å². The van der Waals surface area contributed by atoms with Gasteiger partial charge >= 0.3 is 6.03 Å². The molecule has 0 radical (unpaired) electrons. The number of amides is 3. The Morgan fingerprint density at radius 3 is 2.50 bits per heavy atom. The Morgan fingerprint density at radius 2 is 1.80 bits per heavy atom. The molecule has 2 aliphatic heterocycles. The van der Waals surface area contributed by atoms with Crippen molar-refractivity contribution in [1.29, 1.82) is 0 Å². The van der Waals surface area contributed by atoms with E-state index in [1.807, 2.05) is 13.0 Å². The monoisotopic (exact) mass is 413 g/mol. The van der Waals surface area contributed by atoms with Gasteiger partial charge in [-0.1, -0.05) is 23.8 Å². The number of rotatable bonds is 2. The van der Waals surface area contributed by atoms with Crippen molar-refractivity contribution in [3.8, 4) is 0 Å². The molecule has 0 aromatic heterocycles. The summed E-state index contributed by atoms with van der Waals surface area (Å²) in [5, 5.41) is 0. The third-order valence-electron chi connectivity index (χ3n) is 6.12. The number of nitrogens with zero attached hydrogens (tertiary/aromatic N) is 3. The van der Waals surface area contributed by atoms with Gasteiger partial charge in [0.15, 0.2) is 0 Å². The van der Waals surface area contributed by atoms with E-state index in [9.17, 15) is 18.4 Å². The zero-order chi connectivity index (χ0) is 21.6. The standard InChI is InChI=1S/C23H25F2N3O2/c1-14-7-8-20(25)18(9-14)22(29)27-11-16-12-28(23(30)26(2)3)21(19(16)13-27)15-5-4-6-17(24)10-15/h4-10,16,19,21H,11-13H2,1-3H3/t16-,19-,21+/m1/s1. The molecule has 4 rings (SSSR count). The number of hydrogen-bond acceptors (Lipinski definition) is 2. The van der Waals surface area contributed by atoms with E-state index < -0.39 is 5.82 Å². The van der Waals surface area contributed by atoms with Crippen LogP contribution in [0.1, 0.15) is 27.5 Å². The summed E-state index contributed by atoms with van der Waals surface area (Å²) in [6.07, 6.45) is 0. The molecule has 2 saturated heterocycles. The molecule has 2 aromatic carbocycles. The summed E-state index contributed by atoms with van der Waals surface area (Å²) in [6.45, 7) is 3.14. The van der Waals surface area contributed by atoms with Gasteiger partial charge < -0.3 is 14.7 Å². The molecule has 2 fully saturated rings. The van der Waals surface area contributed by atoms with Crippen LogP contribution in [0.25, 0.3) is 0 Å². The lowest BCUT2D eigenvalue weighted by molar-refractivity contribution is 0.0762. The number of likely N-dealkylation sites (tertiary alicyclic amines) is 2. The van der Waals surface area contributed by atoms with Crippen molar-refractivity contribution in [2.75, 3.05) is 33.7 Å². The van der Waals surface area contributed by atoms with E-state index in [4.69, 9.17) is 0 Å². The van der Waals surface area contributed by atoms with Crippen LogP contribution in [0.5, 0.6) is 0 Å². The van der Waals surface area contributed by atoms with E-state index in [2.05, 4.69) is 0 Å². The van der Waals surface area contributed by atoms with Crippen LogP contribution >= 0.6 is 0 Å². The Hall–Kier alpha value is -2.96. The Balaban J connectivity index is 1.63. The lowest BCUT2D eigenvalue weighted by Gasteiger charge is -2.32. The van der Waals surface area contributed by atoms with Gasteiger partial charge in [-0.2, -0.15) is 0 Å². The maximum absolute atomic E-state index is 14.3. The highest BCUT2D eigenvalue weighted by molar-refractivity contribution is 5.95. The maximum atomic E-state index is 14.3. The van der Waals surface area contributed by atoms with Crippen LogP contribution in [0.4, 0.5) is 13.6 Å². The molecule has 0 unspecified atom stereocenters. The second kappa shape index (κ2) is 7.70. The zero-order valence-corrected chi connectivity index (χ0v) is 17.3. The van der Waals surface area contributed by atoms with Gasteiger partial charge in [-0.3, -0.25) is 4.79 Å². The van der Waals surface area contributed by atoms with E-state index >= 15 is 0 Å². The van der Waals surface area contributed by atoms with Crippen LogP contribution in [0, 0.1) is 30.4 Å². The number of halogens is 2. The Morgan fingerprint density at radius 1 is 1.03 bits per heavy atom. The van der Waals surface area contributed by atoms with Crippen LogP contribution in [-0.2, 0) is 0 Å². The highest BCUT2D eigenvalue weighted by Gasteiger charge is 2.50. The number of hydrogen-bond donors (Lipinski definition) is 0. The normalized spacial score (nSPS) is 22.9. The Kier molecular flexibility index (Phi) is 5.22. The lowest BCUT2D eigenvalue weighted by Crippen LogP contribution is -2.42. The van der Waals surface area contributed by atoms with Crippen LogP contribution in [0.15, 0.2) is 42.5 Å². The summed E-state index contributed by atoms with van der Waals surface area (Å²) >= 11 is 0. The molecule has 2 heterocycles. The first-order valence-corrected chi connectivity index (χ1v) is 10.0. The quantitative estimate of drug-likeness (QED) is 0.754. The topological polar surface area (TPSA) is 43.9 Å². The predicted octanol–water partition coefficient (Wildman–Crippen LogP) is 3.70. The third-order valence-corrected chi connectivity index (χ3v) is 6.12. The molecule has 30 heavy (non-hydrogen) atoms. The summed E-state index contributed by atoms with van der Waals surface area (Å²) in [7, 11) is 3.38. The second-order valence-corrected chi connectivity index (χ2v) is 8.45. The highest BCUT2D eigenvalue weighted by atomic mass is 19.1. The Bertz CT molecular complexity index is 994. The lowest BCUT2D eigenvalue weighted by atomic mass is 9.89. The molecule has 7 heteroatoms. The third kappa shape index (κ3) is 3.53. The van der Waals surface area contributed by atoms with Crippen LogP contribution in [-0.4, -0.2) is 60.4 Å². The zero-order valence-electron chi connectivity index (χ0n) is 17.3. The molecular formula is C23H25F2N3O2. The molecule has 0 N–H and O–H groups in total. The number of aryl methyl sites for hydroxylation is 1. The molecule has 5 nitrogen and oxygen atoms in total. The van der Waals surface area contributed by atoms with Crippen molar-refractivity contribution < 1.29 is 18.4 Å². The molecule has 158 valence electrons. The summed E-state index contributed by atoms with van der Waals surface area (Å²) in [4.78, 5) is 30.7. The first-order chi connectivity index (χ1) is 14.3. The van der Waals surface area contributed by atoms with Gasteiger partial charge in [0.2, 0.25) is 0 Å². The van der Waals surface area contributed by atoms with Crippen molar-refractivity contribution in [2.45, 2.75) is 13.0 Å². The Labute approximate surface area is 174 Å². The van der Waals surface area contributed by atoms with E-state index in [1.165, 1.54) is 23.1 Å². The average Bonchev–Trinajstić information content (AvgIpc) is 3.26. The fourth-order valence-electron chi connectivity index (χ4n) is 4.76. The molecule has 0 bridgehead atoms. The van der Waals surface area contributed by atoms with E-state index in [0.717, 1.165) is 5.56 Å². The van der Waals surface area contributed by atoms with E-state index in [0.29, 0.717) is 25.2 Å². The van der Waals surface area contributed by atoms with Gasteiger partial charge in [-0.15, -0.1) is 0 Å².